The van der Waals surface area contributed by atoms with Gasteiger partial charge in [0.2, 0.25) is 0 Å². The van der Waals surface area contributed by atoms with E-state index in [0.29, 0.717) is 24.9 Å². The van der Waals surface area contributed by atoms with Crippen molar-refractivity contribution in [1.82, 2.24) is 5.32 Å². The van der Waals surface area contributed by atoms with E-state index in [9.17, 15) is 9.59 Å². The monoisotopic (exact) mass is 299 g/mol. The second-order valence-electron chi connectivity index (χ2n) is 3.61. The molecule has 0 radical (unpaired) electrons. The van der Waals surface area contributed by atoms with E-state index in [1.165, 1.54) is 0 Å². The third-order valence-electron chi connectivity index (χ3n) is 2.21. The Kier molecular flexibility index (Phi) is 5.69. The van der Waals surface area contributed by atoms with Gasteiger partial charge in [0, 0.05) is 23.0 Å². The maximum Gasteiger partial charge on any atom is 0.303 e. The maximum absolute atomic E-state index is 11.6. The number of hydrogen-bond acceptors (Lipinski definition) is 2. The van der Waals surface area contributed by atoms with Gasteiger partial charge in [-0.15, -0.1) is 0 Å². The van der Waals surface area contributed by atoms with Crippen molar-refractivity contribution in [2.45, 2.75) is 19.3 Å². The van der Waals surface area contributed by atoms with Crippen LogP contribution in [0, 0.1) is 0 Å². The summed E-state index contributed by atoms with van der Waals surface area (Å²) in [6, 6.07) is 7.08. The number of hydrogen-bond donors (Lipinski definition) is 2. The first-order valence-electron chi connectivity index (χ1n) is 5.35. The zero-order valence-corrected chi connectivity index (χ0v) is 10.9. The lowest BCUT2D eigenvalue weighted by Gasteiger charge is -2.04. The Hall–Kier alpha value is -1.36. The molecule has 0 aliphatic carbocycles. The van der Waals surface area contributed by atoms with Crippen molar-refractivity contribution in [3.63, 3.8) is 0 Å². The summed E-state index contributed by atoms with van der Waals surface area (Å²) in [4.78, 5) is 21.9. The highest BCUT2D eigenvalue weighted by Gasteiger charge is 2.04. The number of nitrogens with one attached hydrogen (secondary N) is 1. The molecule has 0 spiro atoms. The van der Waals surface area contributed by atoms with E-state index in [-0.39, 0.29) is 12.3 Å². The predicted octanol–water partition coefficient (Wildman–Crippen LogP) is 2.43. The van der Waals surface area contributed by atoms with Crippen LogP contribution in [0.2, 0.25) is 0 Å². The minimum atomic E-state index is -0.802. The molecule has 4 nitrogen and oxygen atoms in total. The Morgan fingerprint density at radius 2 is 1.82 bits per heavy atom. The number of carbonyl (C=O) groups is 2. The van der Waals surface area contributed by atoms with E-state index in [1.54, 1.807) is 24.3 Å². The van der Waals surface area contributed by atoms with E-state index in [2.05, 4.69) is 21.2 Å². The molecule has 5 heteroatoms. The number of unbranched alkanes of at least 4 members (excludes halogenated alkanes) is 1. The number of carboxylic acids is 1. The number of amides is 1. The van der Waals surface area contributed by atoms with Crippen LogP contribution in [-0.2, 0) is 4.79 Å². The Balaban J connectivity index is 2.25. The summed E-state index contributed by atoms with van der Waals surface area (Å²) < 4.78 is 0.926. The molecule has 1 aromatic carbocycles. The van der Waals surface area contributed by atoms with Crippen molar-refractivity contribution in [2.24, 2.45) is 0 Å². The Morgan fingerprint density at radius 3 is 2.41 bits per heavy atom. The van der Waals surface area contributed by atoms with E-state index in [1.807, 2.05) is 0 Å². The largest absolute Gasteiger partial charge is 0.481 e. The number of aliphatic carboxylic acids is 1. The SMILES string of the molecule is O=C(O)CCCCNC(=O)c1ccc(Br)cc1. The van der Waals surface area contributed by atoms with Gasteiger partial charge in [0.05, 0.1) is 0 Å². The molecule has 2 N–H and O–H groups in total. The van der Waals surface area contributed by atoms with Crippen molar-refractivity contribution in [1.29, 1.82) is 0 Å². The van der Waals surface area contributed by atoms with E-state index in [0.717, 1.165) is 4.47 Å². The van der Waals surface area contributed by atoms with Gasteiger partial charge >= 0.3 is 5.97 Å². The van der Waals surface area contributed by atoms with Gasteiger partial charge in [-0.05, 0) is 37.1 Å². The van der Waals surface area contributed by atoms with Gasteiger partial charge < -0.3 is 10.4 Å². The molecule has 0 fully saturated rings. The normalized spacial score (nSPS) is 9.94. The number of carbonyl (C=O) groups excluding carboxylic acids is 1. The minimum Gasteiger partial charge on any atom is -0.481 e. The van der Waals surface area contributed by atoms with Gasteiger partial charge in [-0.2, -0.15) is 0 Å². The molecule has 0 atom stereocenters. The first kappa shape index (κ1) is 13.7. The molecule has 0 aliphatic heterocycles. The van der Waals surface area contributed by atoms with Gasteiger partial charge in [0.15, 0.2) is 0 Å². The quantitative estimate of drug-likeness (QED) is 0.793. The first-order valence-corrected chi connectivity index (χ1v) is 6.14. The number of benzene rings is 1. The van der Waals surface area contributed by atoms with Crippen LogP contribution in [0.5, 0.6) is 0 Å². The zero-order chi connectivity index (χ0) is 12.7. The molecule has 0 aromatic heterocycles. The summed E-state index contributed by atoms with van der Waals surface area (Å²) in [6.07, 6.45) is 1.40. The van der Waals surface area contributed by atoms with Crippen molar-refractivity contribution in [2.75, 3.05) is 6.54 Å². The summed E-state index contributed by atoms with van der Waals surface area (Å²) in [5, 5.41) is 11.2. The summed E-state index contributed by atoms with van der Waals surface area (Å²) in [5.41, 5.74) is 0.603. The van der Waals surface area contributed by atoms with E-state index >= 15 is 0 Å². The summed E-state index contributed by atoms with van der Waals surface area (Å²) in [7, 11) is 0. The van der Waals surface area contributed by atoms with Crippen LogP contribution in [0.15, 0.2) is 28.7 Å². The van der Waals surface area contributed by atoms with E-state index < -0.39 is 5.97 Å². The lowest BCUT2D eigenvalue weighted by Crippen LogP contribution is -2.24. The van der Waals surface area contributed by atoms with Crippen LogP contribution in [0.3, 0.4) is 0 Å². The van der Waals surface area contributed by atoms with Gasteiger partial charge in [-0.3, -0.25) is 9.59 Å². The van der Waals surface area contributed by atoms with Crippen LogP contribution in [0.4, 0.5) is 0 Å². The highest BCUT2D eigenvalue weighted by Crippen LogP contribution is 2.10. The number of rotatable bonds is 6. The molecule has 1 rings (SSSR count). The smallest absolute Gasteiger partial charge is 0.303 e. The van der Waals surface area contributed by atoms with Crippen molar-refractivity contribution in [3.05, 3.63) is 34.3 Å². The fourth-order valence-corrected chi connectivity index (χ4v) is 1.57. The summed E-state index contributed by atoms with van der Waals surface area (Å²) in [5.74, 6) is -0.933. The topological polar surface area (TPSA) is 66.4 Å². The second kappa shape index (κ2) is 7.06. The van der Waals surface area contributed by atoms with E-state index in [4.69, 9.17) is 5.11 Å². The third-order valence-corrected chi connectivity index (χ3v) is 2.74. The number of halogens is 1. The predicted molar refractivity (Wildman–Crippen MR) is 68.0 cm³/mol. The highest BCUT2D eigenvalue weighted by atomic mass is 79.9. The van der Waals surface area contributed by atoms with Crippen molar-refractivity contribution < 1.29 is 14.7 Å². The van der Waals surface area contributed by atoms with Crippen molar-refractivity contribution in [3.8, 4) is 0 Å². The summed E-state index contributed by atoms with van der Waals surface area (Å²) in [6.45, 7) is 0.502. The molecule has 1 amide bonds. The van der Waals surface area contributed by atoms with Crippen molar-refractivity contribution >= 4 is 27.8 Å². The highest BCUT2D eigenvalue weighted by molar-refractivity contribution is 9.10. The average molecular weight is 300 g/mol. The lowest BCUT2D eigenvalue weighted by molar-refractivity contribution is -0.137. The Bertz CT molecular complexity index is 389. The molecular weight excluding hydrogens is 286 g/mol. The average Bonchev–Trinajstić information content (AvgIpc) is 2.29. The fourth-order valence-electron chi connectivity index (χ4n) is 1.31. The molecule has 0 unspecified atom stereocenters. The summed E-state index contributed by atoms with van der Waals surface area (Å²) >= 11 is 3.29. The molecule has 0 heterocycles. The van der Waals surface area contributed by atoms with Gasteiger partial charge in [-0.25, -0.2) is 0 Å². The Labute approximate surface area is 108 Å². The molecule has 0 saturated carbocycles. The van der Waals surface area contributed by atoms with Crippen LogP contribution in [-0.4, -0.2) is 23.5 Å². The van der Waals surface area contributed by atoms with Gasteiger partial charge in [0.1, 0.15) is 0 Å². The van der Waals surface area contributed by atoms with Gasteiger partial charge in [-0.1, -0.05) is 15.9 Å². The molecular formula is C12H14BrNO3. The molecule has 17 heavy (non-hydrogen) atoms. The number of carboxylic acid groups (broad SMARTS) is 1. The molecule has 92 valence electrons. The molecule has 0 bridgehead atoms. The lowest BCUT2D eigenvalue weighted by atomic mass is 10.2. The fraction of sp³-hybridized carbons (Fsp3) is 0.333. The first-order chi connectivity index (χ1) is 8.09. The maximum atomic E-state index is 11.6. The van der Waals surface area contributed by atoms with Crippen LogP contribution in [0.25, 0.3) is 0 Å². The third kappa shape index (κ3) is 5.49. The second-order valence-corrected chi connectivity index (χ2v) is 4.53. The minimum absolute atomic E-state index is 0.132. The zero-order valence-electron chi connectivity index (χ0n) is 9.28. The standard InChI is InChI=1S/C12H14BrNO3/c13-10-6-4-9(5-7-10)12(17)14-8-2-1-3-11(15)16/h4-7H,1-3,8H2,(H,14,17)(H,15,16). The Morgan fingerprint density at radius 1 is 1.18 bits per heavy atom. The molecule has 0 aliphatic rings. The van der Waals surface area contributed by atoms with Crippen LogP contribution >= 0.6 is 15.9 Å². The molecule has 0 saturated heterocycles. The molecule has 1 aromatic rings. The van der Waals surface area contributed by atoms with Gasteiger partial charge in [0.25, 0.3) is 5.91 Å². The van der Waals surface area contributed by atoms with Crippen LogP contribution in [0.1, 0.15) is 29.6 Å². The van der Waals surface area contributed by atoms with Crippen LogP contribution < -0.4 is 5.32 Å².